The van der Waals surface area contributed by atoms with Gasteiger partial charge in [-0.1, -0.05) is 18.5 Å². The van der Waals surface area contributed by atoms with Gasteiger partial charge in [-0.15, -0.1) is 0 Å². The zero-order valence-corrected chi connectivity index (χ0v) is 11.1. The summed E-state index contributed by atoms with van der Waals surface area (Å²) >= 11 is 5.83. The lowest BCUT2D eigenvalue weighted by Crippen LogP contribution is -2.18. The Balaban J connectivity index is 2.70. The van der Waals surface area contributed by atoms with Crippen LogP contribution in [0.2, 0.25) is 5.02 Å². The first kappa shape index (κ1) is 14.5. The molecule has 18 heavy (non-hydrogen) atoms. The molecule has 0 aliphatic rings. The molecule has 0 heterocycles. The van der Waals surface area contributed by atoms with Crippen molar-refractivity contribution >= 4 is 23.2 Å². The summed E-state index contributed by atoms with van der Waals surface area (Å²) < 4.78 is 4.97. The fourth-order valence-electron chi connectivity index (χ4n) is 1.58. The fourth-order valence-corrected chi connectivity index (χ4v) is 1.75. The topological polar surface area (TPSA) is 62.1 Å². The van der Waals surface area contributed by atoms with E-state index in [0.717, 1.165) is 0 Å². The predicted molar refractivity (Wildman–Crippen MR) is 70.5 cm³/mol. The molecule has 1 amide bonds. The first-order valence-corrected chi connectivity index (χ1v) is 5.93. The van der Waals surface area contributed by atoms with Gasteiger partial charge in [0.1, 0.15) is 6.07 Å². The summed E-state index contributed by atoms with van der Waals surface area (Å²) in [4.78, 5) is 11.8. The lowest BCUT2D eigenvalue weighted by Gasteiger charge is -2.11. The zero-order chi connectivity index (χ0) is 13.5. The van der Waals surface area contributed by atoms with Crippen LogP contribution in [-0.4, -0.2) is 19.6 Å². The third-order valence-corrected chi connectivity index (χ3v) is 2.60. The molecule has 96 valence electrons. The second kappa shape index (κ2) is 7.00. The molecule has 0 saturated heterocycles. The van der Waals surface area contributed by atoms with Crippen molar-refractivity contribution < 1.29 is 9.53 Å². The highest BCUT2D eigenvalue weighted by atomic mass is 35.5. The van der Waals surface area contributed by atoms with Gasteiger partial charge in [-0.2, -0.15) is 5.26 Å². The molecule has 0 aromatic heterocycles. The van der Waals surface area contributed by atoms with E-state index >= 15 is 0 Å². The number of carbonyl (C=O) groups is 1. The molecule has 1 rings (SSSR count). The quantitative estimate of drug-likeness (QED) is 0.891. The van der Waals surface area contributed by atoms with Gasteiger partial charge in [-0.3, -0.25) is 4.79 Å². The number of halogens is 1. The van der Waals surface area contributed by atoms with Crippen LogP contribution < -0.4 is 5.32 Å². The summed E-state index contributed by atoms with van der Waals surface area (Å²) in [5, 5.41) is 12.1. The average Bonchev–Trinajstić information content (AvgIpc) is 2.29. The van der Waals surface area contributed by atoms with Crippen LogP contribution in [0.5, 0.6) is 0 Å². The number of anilines is 1. The number of benzene rings is 1. The summed E-state index contributed by atoms with van der Waals surface area (Å²) in [5.41, 5.74) is 0.840. The summed E-state index contributed by atoms with van der Waals surface area (Å²) in [6, 6.07) is 6.77. The number of ether oxygens (including phenoxy) is 1. The fraction of sp³-hybridized carbons (Fsp3) is 0.385. The molecule has 0 fully saturated rings. The average molecular weight is 267 g/mol. The number of nitriles is 1. The lowest BCUT2D eigenvalue weighted by atomic mass is 10.1. The third kappa shape index (κ3) is 4.36. The minimum Gasteiger partial charge on any atom is -0.384 e. The number of rotatable bonds is 5. The van der Waals surface area contributed by atoms with Crippen molar-refractivity contribution in [3.05, 3.63) is 28.8 Å². The van der Waals surface area contributed by atoms with Gasteiger partial charge >= 0.3 is 0 Å². The van der Waals surface area contributed by atoms with E-state index in [2.05, 4.69) is 5.32 Å². The van der Waals surface area contributed by atoms with E-state index in [1.807, 2.05) is 13.0 Å². The van der Waals surface area contributed by atoms with Crippen molar-refractivity contribution in [3.63, 3.8) is 0 Å². The van der Waals surface area contributed by atoms with Gasteiger partial charge in [0.25, 0.3) is 0 Å². The van der Waals surface area contributed by atoms with Crippen LogP contribution in [0.3, 0.4) is 0 Å². The minimum atomic E-state index is -0.154. The van der Waals surface area contributed by atoms with Gasteiger partial charge in [0.05, 0.1) is 11.3 Å². The van der Waals surface area contributed by atoms with Crippen LogP contribution in [0.25, 0.3) is 0 Å². The van der Waals surface area contributed by atoms with Crippen LogP contribution in [-0.2, 0) is 9.53 Å². The second-order valence-electron chi connectivity index (χ2n) is 4.11. The summed E-state index contributed by atoms with van der Waals surface area (Å²) in [5.74, 6) is -0.0296. The van der Waals surface area contributed by atoms with Gasteiger partial charge < -0.3 is 10.1 Å². The Hall–Kier alpha value is -1.57. The van der Waals surface area contributed by atoms with E-state index in [-0.39, 0.29) is 11.8 Å². The lowest BCUT2D eigenvalue weighted by molar-refractivity contribution is -0.117. The Morgan fingerprint density at radius 1 is 1.61 bits per heavy atom. The number of hydrogen-bond acceptors (Lipinski definition) is 3. The molecule has 0 saturated carbocycles. The maximum atomic E-state index is 11.8. The van der Waals surface area contributed by atoms with Gasteiger partial charge in [0.15, 0.2) is 0 Å². The maximum absolute atomic E-state index is 11.8. The number of carbonyl (C=O) groups excluding carboxylic acids is 1. The van der Waals surface area contributed by atoms with Crippen molar-refractivity contribution in [2.24, 2.45) is 5.92 Å². The van der Waals surface area contributed by atoms with Crippen LogP contribution >= 0.6 is 11.6 Å². The number of hydrogen-bond donors (Lipinski definition) is 1. The van der Waals surface area contributed by atoms with E-state index in [4.69, 9.17) is 21.6 Å². The summed E-state index contributed by atoms with van der Waals surface area (Å²) in [6.45, 7) is 2.44. The SMILES string of the molecule is COCC(C)CC(=O)Nc1cc(Cl)ccc1C#N. The normalized spacial score (nSPS) is 11.7. The Kier molecular flexibility index (Phi) is 5.63. The largest absolute Gasteiger partial charge is 0.384 e. The van der Waals surface area contributed by atoms with Crippen LogP contribution in [0.4, 0.5) is 5.69 Å². The van der Waals surface area contributed by atoms with Crippen molar-refractivity contribution in [2.45, 2.75) is 13.3 Å². The molecule has 5 heteroatoms. The molecule has 1 aromatic carbocycles. The minimum absolute atomic E-state index is 0.125. The first-order valence-electron chi connectivity index (χ1n) is 5.55. The Morgan fingerprint density at radius 3 is 2.94 bits per heavy atom. The van der Waals surface area contributed by atoms with E-state index in [0.29, 0.717) is 29.3 Å². The van der Waals surface area contributed by atoms with Gasteiger partial charge in [-0.25, -0.2) is 0 Å². The second-order valence-corrected chi connectivity index (χ2v) is 4.55. The molecule has 0 aliphatic carbocycles. The highest BCUT2D eigenvalue weighted by molar-refractivity contribution is 6.31. The number of nitrogens with one attached hydrogen (secondary N) is 1. The molecule has 0 aliphatic heterocycles. The highest BCUT2D eigenvalue weighted by Gasteiger charge is 2.11. The first-order chi connectivity index (χ1) is 8.56. The molecule has 1 aromatic rings. The molecule has 1 unspecified atom stereocenters. The molecule has 0 spiro atoms. The highest BCUT2D eigenvalue weighted by Crippen LogP contribution is 2.20. The zero-order valence-electron chi connectivity index (χ0n) is 10.4. The van der Waals surface area contributed by atoms with E-state index in [1.54, 1.807) is 25.3 Å². The maximum Gasteiger partial charge on any atom is 0.224 e. The van der Waals surface area contributed by atoms with Crippen LogP contribution in [0.1, 0.15) is 18.9 Å². The standard InChI is InChI=1S/C13H15ClN2O2/c1-9(8-18-2)5-13(17)16-12-6-11(14)4-3-10(12)7-15/h3-4,6,9H,5,8H2,1-2H3,(H,16,17). The van der Waals surface area contributed by atoms with Gasteiger partial charge in [0, 0.05) is 25.2 Å². The van der Waals surface area contributed by atoms with Crippen LogP contribution in [0.15, 0.2) is 18.2 Å². The van der Waals surface area contributed by atoms with Crippen molar-refractivity contribution in [1.82, 2.24) is 0 Å². The molecular formula is C13H15ClN2O2. The monoisotopic (exact) mass is 266 g/mol. The van der Waals surface area contributed by atoms with Gasteiger partial charge in [0.2, 0.25) is 5.91 Å². The smallest absolute Gasteiger partial charge is 0.224 e. The Labute approximate surface area is 112 Å². The summed E-state index contributed by atoms with van der Waals surface area (Å²) in [6.07, 6.45) is 0.339. The molecule has 0 bridgehead atoms. The molecule has 1 N–H and O–H groups in total. The third-order valence-electron chi connectivity index (χ3n) is 2.36. The molecule has 1 atom stereocenters. The summed E-state index contributed by atoms with van der Waals surface area (Å²) in [7, 11) is 1.60. The van der Waals surface area contributed by atoms with Crippen LogP contribution in [0, 0.1) is 17.2 Å². The predicted octanol–water partition coefficient (Wildman–Crippen LogP) is 2.82. The van der Waals surface area contributed by atoms with E-state index in [9.17, 15) is 4.79 Å². The Bertz CT molecular complexity index is 469. The van der Waals surface area contributed by atoms with E-state index < -0.39 is 0 Å². The molecule has 4 nitrogen and oxygen atoms in total. The molecular weight excluding hydrogens is 252 g/mol. The molecule has 0 radical (unpaired) electrons. The van der Waals surface area contributed by atoms with E-state index in [1.165, 1.54) is 0 Å². The van der Waals surface area contributed by atoms with Crippen molar-refractivity contribution in [3.8, 4) is 6.07 Å². The van der Waals surface area contributed by atoms with Crippen molar-refractivity contribution in [2.75, 3.05) is 19.0 Å². The number of methoxy groups -OCH3 is 1. The van der Waals surface area contributed by atoms with Crippen molar-refractivity contribution in [1.29, 1.82) is 5.26 Å². The Morgan fingerprint density at radius 2 is 2.33 bits per heavy atom. The number of amides is 1. The number of nitrogens with zero attached hydrogens (tertiary/aromatic N) is 1. The van der Waals surface area contributed by atoms with Gasteiger partial charge in [-0.05, 0) is 24.1 Å².